The van der Waals surface area contributed by atoms with E-state index in [0.29, 0.717) is 36.1 Å². The Morgan fingerprint density at radius 1 is 1.06 bits per heavy atom. The molecule has 10 heteroatoms. The fourth-order valence-corrected chi connectivity index (χ4v) is 12.4. The number of ether oxygens (including phenoxy) is 2. The maximum Gasteiger partial charge on any atom is 0.262 e. The van der Waals surface area contributed by atoms with Gasteiger partial charge in [0.2, 0.25) is 0 Å². The molecule has 1 N–H and O–H groups in total. The molecule has 53 heavy (non-hydrogen) atoms. The number of hydrogen-bond acceptors (Lipinski definition) is 7. The number of carbonyl (C=O) groups excluding carboxylic acids is 1. The molecule has 3 heterocycles. The molecule has 1 amide bonds. The Bertz CT molecular complexity index is 1770. The third-order valence-corrected chi connectivity index (χ3v) is 16.5. The topological polar surface area (TPSA) is 74.4 Å². The number of anilines is 1. The maximum atomic E-state index is 14.1. The molecular formula is C43H63ClN4O4S. The standard InChI is InChI=1S/C43H63ClN4O4S/c1-29(2)48-21-20-46(24-31(48)4)27-43(51-6)19-8-10-30(3)32(5)53(7,50)45-41(49)34-13-17-40-39(23-34)47(25-35-12-15-38(35)43)26-42(28-52-40)18-9-11-33-22-36(44)14-16-37(33)42/h13-14,16-17,22-23,29-32,35,38H,7-12,15,18-21,24-28H2,1-6H3,(H,45,49,50)/t30-,31+,32+,35-,38+,42-,43-,53?/m0/s1. The van der Waals surface area contributed by atoms with Gasteiger partial charge in [0.25, 0.3) is 5.91 Å². The Kier molecular flexibility index (Phi) is 11.3. The van der Waals surface area contributed by atoms with Gasteiger partial charge in [0.15, 0.2) is 0 Å². The van der Waals surface area contributed by atoms with Crippen LogP contribution in [0, 0.1) is 17.8 Å². The summed E-state index contributed by atoms with van der Waals surface area (Å²) in [4.78, 5) is 21.7. The summed E-state index contributed by atoms with van der Waals surface area (Å²) in [5.41, 5.74) is 3.56. The van der Waals surface area contributed by atoms with E-state index < -0.39 is 9.71 Å². The number of nitrogens with zero attached hydrogens (tertiary/aromatic N) is 3. The van der Waals surface area contributed by atoms with E-state index >= 15 is 0 Å². The van der Waals surface area contributed by atoms with Crippen LogP contribution in [0.25, 0.3) is 0 Å². The van der Waals surface area contributed by atoms with E-state index in [1.807, 2.05) is 38.3 Å². The number of fused-ring (bicyclic) bond motifs is 4. The summed E-state index contributed by atoms with van der Waals surface area (Å²) < 4.78 is 30.6. The molecule has 2 bridgehead atoms. The minimum absolute atomic E-state index is 0.120. The highest BCUT2D eigenvalue weighted by atomic mass is 35.5. The zero-order valence-electron chi connectivity index (χ0n) is 33.0. The van der Waals surface area contributed by atoms with E-state index in [9.17, 15) is 9.00 Å². The number of methoxy groups -OCH3 is 1. The van der Waals surface area contributed by atoms with Gasteiger partial charge in [-0.3, -0.25) is 19.3 Å². The molecule has 1 saturated carbocycles. The van der Waals surface area contributed by atoms with Gasteiger partial charge in [0.05, 0.1) is 27.6 Å². The molecule has 1 unspecified atom stereocenters. The smallest absolute Gasteiger partial charge is 0.262 e. The normalized spacial score (nSPS) is 35.8. The SMILES string of the molecule is C=S1(=O)NC(=O)c2ccc3c(c2)N(C[C@@H]2CC[C@H]2[C@](CN2CCN(C(C)C)[C@H](C)C2)(OC)CCC[C@H](C)[C@H]1C)C[C@@]1(CCCc2cc(Cl)ccc21)CO3. The van der Waals surface area contributed by atoms with Gasteiger partial charge >= 0.3 is 0 Å². The minimum Gasteiger partial charge on any atom is -0.490 e. The van der Waals surface area contributed by atoms with Crippen molar-refractivity contribution >= 4 is 38.8 Å². The van der Waals surface area contributed by atoms with Crippen LogP contribution in [0.15, 0.2) is 36.4 Å². The Labute approximate surface area is 324 Å². The summed E-state index contributed by atoms with van der Waals surface area (Å²) in [6.45, 7) is 17.4. The summed E-state index contributed by atoms with van der Waals surface area (Å²) in [6, 6.07) is 13.1. The van der Waals surface area contributed by atoms with Crippen LogP contribution < -0.4 is 14.4 Å². The fourth-order valence-electron chi connectivity index (χ4n) is 10.7. The van der Waals surface area contributed by atoms with Crippen molar-refractivity contribution in [2.24, 2.45) is 17.8 Å². The predicted molar refractivity (Wildman–Crippen MR) is 219 cm³/mol. The average molecular weight is 768 g/mol. The molecule has 7 rings (SSSR count). The summed E-state index contributed by atoms with van der Waals surface area (Å²) in [5, 5.41) is 0.497. The minimum atomic E-state index is -2.92. The largest absolute Gasteiger partial charge is 0.490 e. The van der Waals surface area contributed by atoms with Gasteiger partial charge in [-0.05, 0) is 138 Å². The van der Waals surface area contributed by atoms with Crippen LogP contribution >= 0.6 is 11.6 Å². The first-order valence-electron chi connectivity index (χ1n) is 20.3. The second-order valence-corrected chi connectivity index (χ2v) is 20.5. The molecule has 0 radical (unpaired) electrons. The summed E-state index contributed by atoms with van der Waals surface area (Å²) >= 11 is 6.53. The number of hydrogen-bond donors (Lipinski definition) is 1. The predicted octanol–water partition coefficient (Wildman–Crippen LogP) is 7.21. The van der Waals surface area contributed by atoms with Crippen molar-refractivity contribution in [3.63, 3.8) is 0 Å². The van der Waals surface area contributed by atoms with Crippen molar-refractivity contribution < 1.29 is 18.5 Å². The van der Waals surface area contributed by atoms with Crippen LogP contribution in [0.5, 0.6) is 5.75 Å². The number of amides is 1. The zero-order valence-corrected chi connectivity index (χ0v) is 34.6. The van der Waals surface area contributed by atoms with Crippen LogP contribution in [0.2, 0.25) is 5.02 Å². The first kappa shape index (κ1) is 39.0. The first-order valence-corrected chi connectivity index (χ1v) is 22.4. The van der Waals surface area contributed by atoms with E-state index in [1.165, 1.54) is 11.1 Å². The first-order chi connectivity index (χ1) is 25.2. The number of piperazine rings is 1. The van der Waals surface area contributed by atoms with Crippen molar-refractivity contribution in [3.8, 4) is 5.75 Å². The third kappa shape index (κ3) is 7.64. The van der Waals surface area contributed by atoms with E-state index in [-0.39, 0.29) is 28.1 Å². The Morgan fingerprint density at radius 2 is 1.87 bits per heavy atom. The second-order valence-electron chi connectivity index (χ2n) is 17.6. The lowest BCUT2D eigenvalue weighted by Gasteiger charge is -2.54. The van der Waals surface area contributed by atoms with Gasteiger partial charge in [0.1, 0.15) is 5.75 Å². The Morgan fingerprint density at radius 3 is 2.58 bits per heavy atom. The van der Waals surface area contributed by atoms with Gasteiger partial charge in [-0.15, -0.1) is 0 Å². The highest BCUT2D eigenvalue weighted by Crippen LogP contribution is 2.50. The van der Waals surface area contributed by atoms with Crippen molar-refractivity contribution in [1.82, 2.24) is 14.5 Å². The number of rotatable bonds is 4. The van der Waals surface area contributed by atoms with Crippen molar-refractivity contribution in [3.05, 3.63) is 58.1 Å². The molecule has 8 atom stereocenters. The Hall–Kier alpha value is -2.30. The van der Waals surface area contributed by atoms with Crippen LogP contribution in [-0.4, -0.2) is 102 Å². The van der Waals surface area contributed by atoms with Crippen LogP contribution in [0.4, 0.5) is 5.69 Å². The van der Waals surface area contributed by atoms with Crippen LogP contribution in [0.3, 0.4) is 0 Å². The molecule has 1 saturated heterocycles. The number of benzene rings is 2. The van der Waals surface area contributed by atoms with Gasteiger partial charge in [-0.2, -0.15) is 0 Å². The van der Waals surface area contributed by atoms with Crippen molar-refractivity contribution in [2.45, 2.75) is 114 Å². The molecule has 5 aliphatic rings. The molecule has 2 aromatic rings. The van der Waals surface area contributed by atoms with Gasteiger partial charge in [0, 0.05) is 79.7 Å². The van der Waals surface area contributed by atoms with E-state index in [1.54, 1.807) is 0 Å². The fraction of sp³-hybridized carbons (Fsp3) is 0.674. The highest BCUT2D eigenvalue weighted by molar-refractivity contribution is 7.99. The average Bonchev–Trinajstić information content (AvgIpc) is 3.25. The van der Waals surface area contributed by atoms with Gasteiger partial charge in [-0.25, -0.2) is 4.21 Å². The maximum absolute atomic E-state index is 14.1. The molecule has 1 spiro atoms. The van der Waals surface area contributed by atoms with Gasteiger partial charge < -0.3 is 14.4 Å². The lowest BCUT2D eigenvalue weighted by atomic mass is 9.62. The lowest BCUT2D eigenvalue weighted by Crippen LogP contribution is -2.61. The second kappa shape index (κ2) is 15.3. The molecule has 2 aliphatic carbocycles. The number of carbonyl (C=O) groups is 1. The molecule has 0 aromatic heterocycles. The zero-order chi connectivity index (χ0) is 37.7. The van der Waals surface area contributed by atoms with Crippen molar-refractivity contribution in [2.75, 3.05) is 57.9 Å². The molecule has 2 aromatic carbocycles. The highest BCUT2D eigenvalue weighted by Gasteiger charge is 2.51. The Balaban J connectivity index is 1.28. The van der Waals surface area contributed by atoms with E-state index in [2.05, 4.69) is 65.1 Å². The van der Waals surface area contributed by atoms with Crippen molar-refractivity contribution in [1.29, 1.82) is 0 Å². The number of aryl methyl sites for hydroxylation is 1. The molecule has 2 fully saturated rings. The van der Waals surface area contributed by atoms with Crippen LogP contribution in [0.1, 0.15) is 101 Å². The quantitative estimate of drug-likeness (QED) is 0.330. The molecule has 8 nitrogen and oxygen atoms in total. The number of halogens is 1. The number of nitrogens with one attached hydrogen (secondary N) is 1. The summed E-state index contributed by atoms with van der Waals surface area (Å²) in [6.07, 6.45) is 8.23. The summed E-state index contributed by atoms with van der Waals surface area (Å²) in [7, 11) is -0.969. The van der Waals surface area contributed by atoms with Crippen LogP contribution in [-0.2, 0) is 26.3 Å². The van der Waals surface area contributed by atoms with Gasteiger partial charge in [-0.1, -0.05) is 31.0 Å². The van der Waals surface area contributed by atoms with E-state index in [4.69, 9.17) is 21.1 Å². The van der Waals surface area contributed by atoms with E-state index in [0.717, 1.165) is 107 Å². The lowest BCUT2D eigenvalue weighted by molar-refractivity contribution is -0.136. The summed E-state index contributed by atoms with van der Waals surface area (Å²) in [5.74, 6) is 5.51. The molecule has 292 valence electrons. The third-order valence-electron chi connectivity index (χ3n) is 14.1. The monoisotopic (exact) mass is 766 g/mol. The molecular weight excluding hydrogens is 704 g/mol. The molecule has 3 aliphatic heterocycles.